The lowest BCUT2D eigenvalue weighted by molar-refractivity contribution is 1.07. The maximum absolute atomic E-state index is 5.00. The van der Waals surface area contributed by atoms with Crippen LogP contribution in [0.3, 0.4) is 0 Å². The van der Waals surface area contributed by atoms with Gasteiger partial charge >= 0.3 is 0 Å². The average Bonchev–Trinajstić information content (AvgIpc) is 3.56. The van der Waals surface area contributed by atoms with E-state index in [4.69, 9.17) is 15.0 Å². The van der Waals surface area contributed by atoms with Crippen LogP contribution in [0.15, 0.2) is 188 Å². The van der Waals surface area contributed by atoms with E-state index in [-0.39, 0.29) is 0 Å². The van der Waals surface area contributed by atoms with Crippen LogP contribution in [-0.2, 0) is 0 Å². The van der Waals surface area contributed by atoms with Gasteiger partial charge in [-0.15, -0.1) is 0 Å². The summed E-state index contributed by atoms with van der Waals surface area (Å²) in [5, 5.41) is 4.92. The molecule has 0 saturated heterocycles. The summed E-state index contributed by atoms with van der Waals surface area (Å²) in [6, 6.07) is 61.6. The van der Waals surface area contributed by atoms with E-state index in [0.29, 0.717) is 17.5 Å². The number of benzene rings is 7. The Bertz CT molecular complexity index is 2900. The molecule has 0 saturated carbocycles. The fraction of sp³-hybridized carbons (Fsp3) is 0. The largest absolute Gasteiger partial charge is 0.309 e. The predicted octanol–water partition coefficient (Wildman–Crippen LogP) is 11.9. The molecule has 0 bridgehead atoms. The smallest absolute Gasteiger partial charge is 0.164 e. The van der Waals surface area contributed by atoms with Crippen molar-refractivity contribution in [3.63, 3.8) is 0 Å². The molecule has 0 amide bonds. The molecule has 0 aliphatic carbocycles. The van der Waals surface area contributed by atoms with Gasteiger partial charge < -0.3 is 4.57 Å². The molecule has 0 aliphatic rings. The zero-order valence-corrected chi connectivity index (χ0v) is 28.6. The van der Waals surface area contributed by atoms with Gasteiger partial charge in [0.05, 0.1) is 11.0 Å². The Morgan fingerprint density at radius 2 is 0.830 bits per heavy atom. The van der Waals surface area contributed by atoms with Crippen molar-refractivity contribution in [3.8, 4) is 62.1 Å². The molecule has 0 N–H and O–H groups in total. The van der Waals surface area contributed by atoms with Gasteiger partial charge in [0.1, 0.15) is 0 Å². The van der Waals surface area contributed by atoms with Crippen LogP contribution in [0.2, 0.25) is 0 Å². The fourth-order valence-corrected chi connectivity index (χ4v) is 7.25. The number of rotatable bonds is 6. The Morgan fingerprint density at radius 3 is 1.45 bits per heavy atom. The Morgan fingerprint density at radius 1 is 0.340 bits per heavy atom. The molecule has 248 valence electrons. The first-order valence-corrected chi connectivity index (χ1v) is 17.7. The molecule has 53 heavy (non-hydrogen) atoms. The van der Waals surface area contributed by atoms with E-state index < -0.39 is 0 Å². The molecule has 7 aromatic carbocycles. The fourth-order valence-electron chi connectivity index (χ4n) is 7.25. The molecule has 0 unspecified atom stereocenters. The molecular weight excluding hydrogens is 647 g/mol. The Hall–Kier alpha value is -7.24. The lowest BCUT2D eigenvalue weighted by atomic mass is 10.0. The normalized spacial score (nSPS) is 11.4. The lowest BCUT2D eigenvalue weighted by Crippen LogP contribution is -2.00. The quantitative estimate of drug-likeness (QED) is 0.176. The highest BCUT2D eigenvalue weighted by Gasteiger charge is 2.16. The molecule has 10 rings (SSSR count). The molecule has 3 aromatic heterocycles. The van der Waals surface area contributed by atoms with E-state index in [0.717, 1.165) is 44.6 Å². The molecule has 5 nitrogen and oxygen atoms in total. The summed E-state index contributed by atoms with van der Waals surface area (Å²) in [4.78, 5) is 19.2. The first-order chi connectivity index (χ1) is 26.2. The minimum absolute atomic E-state index is 0.628. The first-order valence-electron chi connectivity index (χ1n) is 17.7. The van der Waals surface area contributed by atoms with Gasteiger partial charge in [-0.05, 0) is 75.5 Å². The van der Waals surface area contributed by atoms with Gasteiger partial charge in [0.2, 0.25) is 0 Å². The predicted molar refractivity (Wildman–Crippen MR) is 217 cm³/mol. The van der Waals surface area contributed by atoms with Crippen LogP contribution in [0.25, 0.3) is 94.7 Å². The van der Waals surface area contributed by atoms with Crippen LogP contribution in [0.1, 0.15) is 0 Å². The van der Waals surface area contributed by atoms with Crippen molar-refractivity contribution in [1.29, 1.82) is 0 Å². The van der Waals surface area contributed by atoms with Crippen molar-refractivity contribution >= 4 is 32.6 Å². The molecule has 5 heteroatoms. The van der Waals surface area contributed by atoms with E-state index in [1.54, 1.807) is 6.20 Å². The third kappa shape index (κ3) is 5.61. The van der Waals surface area contributed by atoms with E-state index in [9.17, 15) is 0 Å². The SMILES string of the molecule is c1ccc(-c2nc(-c3ccc(-c4cccnc4)cc3)nc(-c3ccc(-c4ccc5c(c4)c4cc6ccccc6cc4n5-c4ccccc4)cc3)n2)cc1. The minimum Gasteiger partial charge on any atom is -0.309 e. The molecule has 0 spiro atoms. The summed E-state index contributed by atoms with van der Waals surface area (Å²) in [6.45, 7) is 0. The van der Waals surface area contributed by atoms with Gasteiger partial charge in [-0.3, -0.25) is 4.98 Å². The van der Waals surface area contributed by atoms with Gasteiger partial charge in [0.15, 0.2) is 17.5 Å². The summed E-state index contributed by atoms with van der Waals surface area (Å²) >= 11 is 0. The average molecular weight is 678 g/mol. The second kappa shape index (κ2) is 12.8. The van der Waals surface area contributed by atoms with Crippen molar-refractivity contribution in [1.82, 2.24) is 24.5 Å². The molecule has 0 aliphatic heterocycles. The highest BCUT2D eigenvalue weighted by Crippen LogP contribution is 2.37. The maximum Gasteiger partial charge on any atom is 0.164 e. The van der Waals surface area contributed by atoms with Crippen LogP contribution >= 0.6 is 0 Å². The van der Waals surface area contributed by atoms with Crippen LogP contribution in [0, 0.1) is 0 Å². The summed E-state index contributed by atoms with van der Waals surface area (Å²) in [6.07, 6.45) is 3.66. The molecule has 3 heterocycles. The zero-order valence-electron chi connectivity index (χ0n) is 28.6. The van der Waals surface area contributed by atoms with Crippen molar-refractivity contribution in [2.75, 3.05) is 0 Å². The Balaban J connectivity index is 1.05. The number of nitrogens with zero attached hydrogens (tertiary/aromatic N) is 5. The minimum atomic E-state index is 0.628. The van der Waals surface area contributed by atoms with Crippen molar-refractivity contribution in [2.24, 2.45) is 0 Å². The number of hydrogen-bond donors (Lipinski definition) is 0. The Kier molecular flexibility index (Phi) is 7.40. The molecular formula is C48H31N5. The van der Waals surface area contributed by atoms with Crippen molar-refractivity contribution in [2.45, 2.75) is 0 Å². The van der Waals surface area contributed by atoms with Gasteiger partial charge in [0, 0.05) is 45.5 Å². The highest BCUT2D eigenvalue weighted by molar-refractivity contribution is 6.14. The Labute approximate surface area is 306 Å². The standard InChI is InChI=1S/C48H31N5/c1-3-10-34(11-4-1)46-50-47(52-48(51-46)36-23-19-33(20-24-36)40-14-9-27-49-31-40)35-21-17-32(18-22-35)39-25-26-44-42(29-39)43-28-37-12-7-8-13-38(37)30-45(43)53(44)41-15-5-2-6-16-41/h1-31H. The molecule has 0 fully saturated rings. The van der Waals surface area contributed by atoms with E-state index in [1.807, 2.05) is 42.6 Å². The maximum atomic E-state index is 5.00. The van der Waals surface area contributed by atoms with Crippen LogP contribution in [0.5, 0.6) is 0 Å². The highest BCUT2D eigenvalue weighted by atomic mass is 15.0. The molecule has 0 radical (unpaired) electrons. The number of aromatic nitrogens is 5. The lowest BCUT2D eigenvalue weighted by Gasteiger charge is -2.10. The van der Waals surface area contributed by atoms with E-state index >= 15 is 0 Å². The topological polar surface area (TPSA) is 56.5 Å². The van der Waals surface area contributed by atoms with Crippen molar-refractivity contribution < 1.29 is 0 Å². The van der Waals surface area contributed by atoms with Gasteiger partial charge in [-0.25, -0.2) is 15.0 Å². The molecule has 0 atom stereocenters. The first kappa shape index (κ1) is 30.6. The van der Waals surface area contributed by atoms with Gasteiger partial charge in [-0.1, -0.05) is 133 Å². The number of hydrogen-bond acceptors (Lipinski definition) is 4. The summed E-state index contributed by atoms with van der Waals surface area (Å²) in [5.74, 6) is 1.90. The summed E-state index contributed by atoms with van der Waals surface area (Å²) in [5.41, 5.74) is 10.7. The monoisotopic (exact) mass is 677 g/mol. The van der Waals surface area contributed by atoms with Crippen LogP contribution in [0.4, 0.5) is 0 Å². The zero-order chi connectivity index (χ0) is 35.1. The number of fused-ring (bicyclic) bond motifs is 4. The van der Waals surface area contributed by atoms with Gasteiger partial charge in [-0.2, -0.15) is 0 Å². The van der Waals surface area contributed by atoms with E-state index in [2.05, 4.69) is 149 Å². The number of para-hydroxylation sites is 1. The van der Waals surface area contributed by atoms with Crippen LogP contribution in [-0.4, -0.2) is 24.5 Å². The third-order valence-corrected chi connectivity index (χ3v) is 9.93. The van der Waals surface area contributed by atoms with Gasteiger partial charge in [0.25, 0.3) is 0 Å². The summed E-state index contributed by atoms with van der Waals surface area (Å²) < 4.78 is 2.37. The van der Waals surface area contributed by atoms with Crippen LogP contribution < -0.4 is 0 Å². The second-order valence-electron chi connectivity index (χ2n) is 13.2. The summed E-state index contributed by atoms with van der Waals surface area (Å²) in [7, 11) is 0. The second-order valence-corrected chi connectivity index (χ2v) is 13.2. The van der Waals surface area contributed by atoms with Crippen molar-refractivity contribution in [3.05, 3.63) is 188 Å². The molecule has 10 aromatic rings. The number of pyridine rings is 1. The van der Waals surface area contributed by atoms with E-state index in [1.165, 1.54) is 32.6 Å². The third-order valence-electron chi connectivity index (χ3n) is 9.93.